The third-order valence-electron chi connectivity index (χ3n) is 2.89. The number of carbonyl (C=O) groups excluding carboxylic acids is 1. The average molecular weight is 269 g/mol. The summed E-state index contributed by atoms with van der Waals surface area (Å²) in [5, 5.41) is 0. The molecule has 90 valence electrons. The standard InChI is InChI=1S/C11H11NO3S2/c13-11(8-4-2-1-3-5-8)12-9-6-16-7-10(9)15-17(12)14/h1-5,9-10H,6-7H2. The summed E-state index contributed by atoms with van der Waals surface area (Å²) in [4.78, 5) is 12.2. The molecule has 0 radical (unpaired) electrons. The molecular formula is C11H11NO3S2. The fraction of sp³-hybridized carbons (Fsp3) is 0.364. The molecule has 2 fully saturated rings. The largest absolute Gasteiger partial charge is 0.268 e. The van der Waals surface area contributed by atoms with Crippen molar-refractivity contribution in [1.29, 1.82) is 0 Å². The summed E-state index contributed by atoms with van der Waals surface area (Å²) >= 11 is 0.102. The van der Waals surface area contributed by atoms with E-state index in [4.69, 9.17) is 4.18 Å². The van der Waals surface area contributed by atoms with Gasteiger partial charge in [0.1, 0.15) is 6.10 Å². The zero-order valence-electron chi connectivity index (χ0n) is 8.94. The second-order valence-electron chi connectivity index (χ2n) is 3.95. The molecule has 2 heterocycles. The van der Waals surface area contributed by atoms with E-state index in [0.29, 0.717) is 5.56 Å². The maximum atomic E-state index is 12.2. The molecule has 0 aromatic heterocycles. The smallest absolute Gasteiger partial charge is 0.267 e. The van der Waals surface area contributed by atoms with Gasteiger partial charge in [-0.05, 0) is 12.1 Å². The van der Waals surface area contributed by atoms with Crippen LogP contribution in [-0.2, 0) is 15.4 Å². The SMILES string of the molecule is O=C(c1ccccc1)N1C2CSCC2OS1=O. The summed E-state index contributed by atoms with van der Waals surface area (Å²) < 4.78 is 18.5. The highest BCUT2D eigenvalue weighted by Gasteiger charge is 2.47. The van der Waals surface area contributed by atoms with Crippen molar-refractivity contribution in [3.05, 3.63) is 35.9 Å². The maximum absolute atomic E-state index is 12.2. The van der Waals surface area contributed by atoms with Crippen molar-refractivity contribution in [2.24, 2.45) is 0 Å². The molecule has 1 aromatic rings. The number of amides is 1. The molecule has 0 spiro atoms. The number of thioether (sulfide) groups is 1. The van der Waals surface area contributed by atoms with Crippen molar-refractivity contribution in [1.82, 2.24) is 4.31 Å². The lowest BCUT2D eigenvalue weighted by Crippen LogP contribution is -2.39. The summed E-state index contributed by atoms with van der Waals surface area (Å²) in [5.41, 5.74) is 0.557. The van der Waals surface area contributed by atoms with Crippen molar-refractivity contribution < 1.29 is 13.2 Å². The van der Waals surface area contributed by atoms with E-state index in [1.54, 1.807) is 36.0 Å². The number of rotatable bonds is 1. The van der Waals surface area contributed by atoms with Crippen LogP contribution in [-0.4, -0.2) is 38.1 Å². The number of nitrogens with zero attached hydrogens (tertiary/aromatic N) is 1. The van der Waals surface area contributed by atoms with E-state index >= 15 is 0 Å². The molecular weight excluding hydrogens is 258 g/mol. The quantitative estimate of drug-likeness (QED) is 0.769. The molecule has 3 atom stereocenters. The fourth-order valence-electron chi connectivity index (χ4n) is 2.02. The lowest BCUT2D eigenvalue weighted by molar-refractivity contribution is 0.0837. The predicted molar refractivity (Wildman–Crippen MR) is 66.7 cm³/mol. The second-order valence-corrected chi connectivity index (χ2v) is 6.05. The summed E-state index contributed by atoms with van der Waals surface area (Å²) in [5.74, 6) is 1.41. The molecule has 2 saturated heterocycles. The van der Waals surface area contributed by atoms with Crippen LogP contribution in [0.3, 0.4) is 0 Å². The summed E-state index contributed by atoms with van der Waals surface area (Å²) in [6.45, 7) is 0. The highest BCUT2D eigenvalue weighted by Crippen LogP contribution is 2.34. The zero-order chi connectivity index (χ0) is 11.8. The Morgan fingerprint density at radius 1 is 1.35 bits per heavy atom. The van der Waals surface area contributed by atoms with E-state index in [1.807, 2.05) is 6.07 Å². The van der Waals surface area contributed by atoms with Gasteiger partial charge in [-0.25, -0.2) is 8.51 Å². The van der Waals surface area contributed by atoms with E-state index in [-0.39, 0.29) is 18.1 Å². The minimum Gasteiger partial charge on any atom is -0.268 e. The minimum atomic E-state index is -1.63. The van der Waals surface area contributed by atoms with E-state index in [2.05, 4.69) is 0 Å². The van der Waals surface area contributed by atoms with Gasteiger partial charge in [-0.15, -0.1) is 0 Å². The average Bonchev–Trinajstić information content (AvgIpc) is 2.89. The summed E-state index contributed by atoms with van der Waals surface area (Å²) in [6.07, 6.45) is -0.0755. The first kappa shape index (κ1) is 11.3. The Balaban J connectivity index is 1.89. The van der Waals surface area contributed by atoms with Crippen LogP contribution < -0.4 is 0 Å². The molecule has 3 unspecified atom stereocenters. The molecule has 0 aliphatic carbocycles. The van der Waals surface area contributed by atoms with Gasteiger partial charge in [0, 0.05) is 17.1 Å². The molecule has 1 aromatic carbocycles. The van der Waals surface area contributed by atoms with Crippen LogP contribution in [0.1, 0.15) is 10.4 Å². The van der Waals surface area contributed by atoms with Gasteiger partial charge < -0.3 is 0 Å². The molecule has 4 nitrogen and oxygen atoms in total. The molecule has 3 rings (SSSR count). The van der Waals surface area contributed by atoms with E-state index in [1.165, 1.54) is 4.31 Å². The molecule has 1 amide bonds. The summed E-state index contributed by atoms with van der Waals surface area (Å²) in [7, 11) is 0. The Morgan fingerprint density at radius 3 is 2.88 bits per heavy atom. The van der Waals surface area contributed by atoms with Crippen LogP contribution in [0.2, 0.25) is 0 Å². The van der Waals surface area contributed by atoms with Crippen LogP contribution in [0.25, 0.3) is 0 Å². The van der Waals surface area contributed by atoms with E-state index in [0.717, 1.165) is 11.5 Å². The first-order chi connectivity index (χ1) is 8.27. The van der Waals surface area contributed by atoms with Crippen LogP contribution in [0, 0.1) is 0 Å². The van der Waals surface area contributed by atoms with Gasteiger partial charge in [-0.1, -0.05) is 18.2 Å². The Labute approximate surface area is 106 Å². The first-order valence-electron chi connectivity index (χ1n) is 5.33. The van der Waals surface area contributed by atoms with Gasteiger partial charge in [0.05, 0.1) is 6.04 Å². The highest BCUT2D eigenvalue weighted by atomic mass is 32.2. The molecule has 0 bridgehead atoms. The first-order valence-corrected chi connectivity index (χ1v) is 7.51. The van der Waals surface area contributed by atoms with Gasteiger partial charge in [0.2, 0.25) is 0 Å². The van der Waals surface area contributed by atoms with E-state index < -0.39 is 11.3 Å². The molecule has 2 aliphatic rings. The molecule has 17 heavy (non-hydrogen) atoms. The summed E-state index contributed by atoms with van der Waals surface area (Å²) in [6, 6.07) is 8.86. The maximum Gasteiger partial charge on any atom is 0.267 e. The van der Waals surface area contributed by atoms with Gasteiger partial charge in [-0.3, -0.25) is 8.98 Å². The zero-order valence-corrected chi connectivity index (χ0v) is 10.6. The van der Waals surface area contributed by atoms with E-state index in [9.17, 15) is 9.00 Å². The Kier molecular flexibility index (Phi) is 2.94. The van der Waals surface area contributed by atoms with Crippen molar-refractivity contribution in [3.8, 4) is 0 Å². The van der Waals surface area contributed by atoms with Crippen LogP contribution >= 0.6 is 11.8 Å². The van der Waals surface area contributed by atoms with Gasteiger partial charge >= 0.3 is 0 Å². The lowest BCUT2D eigenvalue weighted by atomic mass is 10.1. The Morgan fingerprint density at radius 2 is 2.12 bits per heavy atom. The van der Waals surface area contributed by atoms with Crippen molar-refractivity contribution >= 4 is 28.9 Å². The van der Waals surface area contributed by atoms with Crippen LogP contribution in [0.5, 0.6) is 0 Å². The minimum absolute atomic E-state index is 0.0476. The van der Waals surface area contributed by atoms with Crippen molar-refractivity contribution in [2.45, 2.75) is 12.1 Å². The third-order valence-corrected chi connectivity index (χ3v) is 5.20. The number of fused-ring (bicyclic) bond motifs is 1. The fourth-order valence-corrected chi connectivity index (χ4v) is 4.64. The van der Waals surface area contributed by atoms with Crippen molar-refractivity contribution in [3.63, 3.8) is 0 Å². The molecule has 6 heteroatoms. The Hall–Kier alpha value is -0.850. The predicted octanol–water partition coefficient (Wildman–Crippen LogP) is 1.22. The second kappa shape index (κ2) is 4.44. The number of benzene rings is 1. The Bertz CT molecular complexity index is 465. The molecule has 2 aliphatic heterocycles. The lowest BCUT2D eigenvalue weighted by Gasteiger charge is -2.18. The van der Waals surface area contributed by atoms with Crippen LogP contribution in [0.15, 0.2) is 30.3 Å². The molecule has 0 saturated carbocycles. The highest BCUT2D eigenvalue weighted by molar-refractivity contribution is 7.99. The number of hydrogen-bond acceptors (Lipinski definition) is 4. The van der Waals surface area contributed by atoms with Gasteiger partial charge in [0.15, 0.2) is 0 Å². The number of carbonyl (C=O) groups is 1. The van der Waals surface area contributed by atoms with Gasteiger partial charge in [-0.2, -0.15) is 11.8 Å². The van der Waals surface area contributed by atoms with Crippen molar-refractivity contribution in [2.75, 3.05) is 11.5 Å². The normalized spacial score (nSPS) is 31.5. The third kappa shape index (κ3) is 1.90. The number of hydrogen-bond donors (Lipinski definition) is 0. The van der Waals surface area contributed by atoms with Gasteiger partial charge in [0.25, 0.3) is 17.2 Å². The monoisotopic (exact) mass is 269 g/mol. The van der Waals surface area contributed by atoms with Crippen LogP contribution in [0.4, 0.5) is 0 Å². The topological polar surface area (TPSA) is 46.6 Å². The molecule has 0 N–H and O–H groups in total.